The van der Waals surface area contributed by atoms with Crippen LogP contribution in [-0.2, 0) is 9.53 Å². The Kier molecular flexibility index (Phi) is 6.51. The fourth-order valence-electron chi connectivity index (χ4n) is 1.89. The van der Waals surface area contributed by atoms with Gasteiger partial charge >= 0.3 is 5.97 Å². The van der Waals surface area contributed by atoms with E-state index in [0.29, 0.717) is 29.5 Å². The van der Waals surface area contributed by atoms with Gasteiger partial charge in [0.25, 0.3) is 5.91 Å². The van der Waals surface area contributed by atoms with Gasteiger partial charge in [0.15, 0.2) is 6.61 Å². The van der Waals surface area contributed by atoms with E-state index in [-0.39, 0.29) is 0 Å². The van der Waals surface area contributed by atoms with Crippen molar-refractivity contribution in [2.75, 3.05) is 18.5 Å². The maximum atomic E-state index is 12.8. The molecule has 0 aliphatic heterocycles. The molecular formula is C19H20FNO4. The van der Waals surface area contributed by atoms with E-state index in [1.165, 1.54) is 24.3 Å². The number of carbonyl (C=O) groups excluding carboxylic acids is 2. The zero-order valence-corrected chi connectivity index (χ0v) is 14.1. The highest BCUT2D eigenvalue weighted by atomic mass is 19.1. The minimum atomic E-state index is -0.607. The van der Waals surface area contributed by atoms with E-state index in [2.05, 4.69) is 5.32 Å². The van der Waals surface area contributed by atoms with Gasteiger partial charge in [-0.3, -0.25) is 4.79 Å². The van der Waals surface area contributed by atoms with Crippen molar-refractivity contribution in [1.82, 2.24) is 0 Å². The first-order valence-corrected chi connectivity index (χ1v) is 7.89. The second kappa shape index (κ2) is 8.82. The lowest BCUT2D eigenvalue weighted by molar-refractivity contribution is -0.119. The summed E-state index contributed by atoms with van der Waals surface area (Å²) in [6, 6.07) is 11.8. The smallest absolute Gasteiger partial charge is 0.338 e. The largest absolute Gasteiger partial charge is 0.493 e. The Bertz CT molecular complexity index is 711. The molecule has 2 aromatic rings. The third kappa shape index (κ3) is 6.25. The molecule has 0 bridgehead atoms. The topological polar surface area (TPSA) is 64.6 Å². The van der Waals surface area contributed by atoms with Crippen molar-refractivity contribution < 1.29 is 23.5 Å². The van der Waals surface area contributed by atoms with Gasteiger partial charge in [-0.05, 0) is 54.4 Å². The van der Waals surface area contributed by atoms with Crippen molar-refractivity contribution in [2.24, 2.45) is 5.92 Å². The predicted molar refractivity (Wildman–Crippen MR) is 92.1 cm³/mol. The molecule has 0 heterocycles. The maximum absolute atomic E-state index is 12.8. The highest BCUT2D eigenvalue weighted by Gasteiger charge is 2.11. The highest BCUT2D eigenvalue weighted by Crippen LogP contribution is 2.14. The predicted octanol–water partition coefficient (Wildman–Crippen LogP) is 3.66. The fourth-order valence-corrected chi connectivity index (χ4v) is 1.89. The number of hydrogen-bond acceptors (Lipinski definition) is 4. The van der Waals surface area contributed by atoms with Crippen LogP contribution in [0.2, 0.25) is 0 Å². The molecule has 2 rings (SSSR count). The molecular weight excluding hydrogens is 325 g/mol. The van der Waals surface area contributed by atoms with Crippen LogP contribution in [0.25, 0.3) is 0 Å². The Morgan fingerprint density at radius 3 is 2.28 bits per heavy atom. The van der Waals surface area contributed by atoms with Crippen molar-refractivity contribution in [3.05, 3.63) is 59.9 Å². The SMILES string of the molecule is CC(C)COc1ccc(C(=O)OCC(=O)Nc2ccc(F)cc2)cc1. The van der Waals surface area contributed by atoms with Crippen LogP contribution in [0.4, 0.5) is 10.1 Å². The Morgan fingerprint density at radius 2 is 1.68 bits per heavy atom. The summed E-state index contributed by atoms with van der Waals surface area (Å²) >= 11 is 0. The molecule has 0 saturated carbocycles. The second-order valence-corrected chi connectivity index (χ2v) is 5.86. The lowest BCUT2D eigenvalue weighted by Crippen LogP contribution is -2.20. The lowest BCUT2D eigenvalue weighted by Gasteiger charge is -2.09. The molecule has 2 aromatic carbocycles. The zero-order chi connectivity index (χ0) is 18.2. The summed E-state index contributed by atoms with van der Waals surface area (Å²) in [5.74, 6) is -0.435. The van der Waals surface area contributed by atoms with Gasteiger partial charge in [0.2, 0.25) is 0 Å². The molecule has 0 atom stereocenters. The van der Waals surface area contributed by atoms with Gasteiger partial charge in [0, 0.05) is 5.69 Å². The molecule has 0 unspecified atom stereocenters. The number of hydrogen-bond donors (Lipinski definition) is 1. The maximum Gasteiger partial charge on any atom is 0.338 e. The summed E-state index contributed by atoms with van der Waals surface area (Å²) < 4.78 is 23.3. The number of anilines is 1. The fraction of sp³-hybridized carbons (Fsp3) is 0.263. The summed E-state index contributed by atoms with van der Waals surface area (Å²) in [4.78, 5) is 23.7. The van der Waals surface area contributed by atoms with Crippen molar-refractivity contribution >= 4 is 17.6 Å². The Balaban J connectivity index is 1.81. The van der Waals surface area contributed by atoms with E-state index < -0.39 is 24.3 Å². The van der Waals surface area contributed by atoms with Gasteiger partial charge < -0.3 is 14.8 Å². The van der Waals surface area contributed by atoms with Gasteiger partial charge in [-0.2, -0.15) is 0 Å². The molecule has 1 amide bonds. The number of ether oxygens (including phenoxy) is 2. The van der Waals surface area contributed by atoms with Crippen molar-refractivity contribution in [2.45, 2.75) is 13.8 Å². The minimum Gasteiger partial charge on any atom is -0.493 e. The number of benzene rings is 2. The van der Waals surface area contributed by atoms with Crippen LogP contribution in [0.1, 0.15) is 24.2 Å². The van der Waals surface area contributed by atoms with Crippen LogP contribution in [-0.4, -0.2) is 25.1 Å². The third-order valence-corrected chi connectivity index (χ3v) is 3.14. The van der Waals surface area contributed by atoms with Gasteiger partial charge in [0.1, 0.15) is 11.6 Å². The number of esters is 1. The zero-order valence-electron chi connectivity index (χ0n) is 14.1. The molecule has 0 spiro atoms. The normalized spacial score (nSPS) is 10.4. The molecule has 1 N–H and O–H groups in total. The van der Waals surface area contributed by atoms with E-state index in [1.54, 1.807) is 24.3 Å². The van der Waals surface area contributed by atoms with Crippen LogP contribution in [0.15, 0.2) is 48.5 Å². The van der Waals surface area contributed by atoms with Crippen LogP contribution < -0.4 is 10.1 Å². The number of nitrogens with one attached hydrogen (secondary N) is 1. The van der Waals surface area contributed by atoms with Crippen LogP contribution in [0, 0.1) is 11.7 Å². The van der Waals surface area contributed by atoms with E-state index in [9.17, 15) is 14.0 Å². The van der Waals surface area contributed by atoms with Crippen LogP contribution >= 0.6 is 0 Å². The molecule has 0 aliphatic carbocycles. The van der Waals surface area contributed by atoms with Crippen LogP contribution in [0.3, 0.4) is 0 Å². The van der Waals surface area contributed by atoms with E-state index in [0.717, 1.165) is 0 Å². The summed E-state index contributed by atoms with van der Waals surface area (Å²) in [7, 11) is 0. The minimum absolute atomic E-state index is 0.325. The summed E-state index contributed by atoms with van der Waals surface area (Å²) in [5.41, 5.74) is 0.751. The Morgan fingerprint density at radius 1 is 1.04 bits per heavy atom. The molecule has 6 heteroatoms. The standard InChI is InChI=1S/C19H20FNO4/c1-13(2)11-24-17-9-3-14(4-10-17)19(23)25-12-18(22)21-16-7-5-15(20)6-8-16/h3-10,13H,11-12H2,1-2H3,(H,21,22). The van der Waals surface area contributed by atoms with Crippen molar-refractivity contribution in [1.29, 1.82) is 0 Å². The Hall–Kier alpha value is -2.89. The first-order valence-electron chi connectivity index (χ1n) is 7.89. The Labute approximate surface area is 145 Å². The van der Waals surface area contributed by atoms with Crippen molar-refractivity contribution in [3.8, 4) is 5.75 Å². The average molecular weight is 345 g/mol. The summed E-state index contributed by atoms with van der Waals surface area (Å²) in [5, 5.41) is 2.51. The number of halogens is 1. The molecule has 132 valence electrons. The highest BCUT2D eigenvalue weighted by molar-refractivity contribution is 5.95. The molecule has 0 radical (unpaired) electrons. The van der Waals surface area contributed by atoms with E-state index in [4.69, 9.17) is 9.47 Å². The summed E-state index contributed by atoms with van der Waals surface area (Å²) in [6.07, 6.45) is 0. The molecule has 0 saturated heterocycles. The molecule has 5 nitrogen and oxygen atoms in total. The van der Waals surface area contributed by atoms with E-state index in [1.807, 2.05) is 13.8 Å². The third-order valence-electron chi connectivity index (χ3n) is 3.14. The number of rotatable bonds is 7. The second-order valence-electron chi connectivity index (χ2n) is 5.86. The quantitative estimate of drug-likeness (QED) is 0.778. The van der Waals surface area contributed by atoms with Crippen LogP contribution in [0.5, 0.6) is 5.75 Å². The number of carbonyl (C=O) groups is 2. The first kappa shape index (κ1) is 18.4. The monoisotopic (exact) mass is 345 g/mol. The molecule has 25 heavy (non-hydrogen) atoms. The van der Waals surface area contributed by atoms with Gasteiger partial charge in [-0.15, -0.1) is 0 Å². The van der Waals surface area contributed by atoms with E-state index >= 15 is 0 Å². The van der Waals surface area contributed by atoms with Crippen molar-refractivity contribution in [3.63, 3.8) is 0 Å². The number of amides is 1. The average Bonchev–Trinajstić information content (AvgIpc) is 2.60. The molecule has 0 aromatic heterocycles. The summed E-state index contributed by atoms with van der Waals surface area (Å²) in [6.45, 7) is 4.25. The van der Waals surface area contributed by atoms with Gasteiger partial charge in [-0.1, -0.05) is 13.8 Å². The lowest BCUT2D eigenvalue weighted by atomic mass is 10.2. The molecule has 0 fully saturated rings. The first-order chi connectivity index (χ1) is 11.9. The molecule has 0 aliphatic rings. The van der Waals surface area contributed by atoms with Gasteiger partial charge in [-0.25, -0.2) is 9.18 Å². The van der Waals surface area contributed by atoms with Gasteiger partial charge in [0.05, 0.1) is 12.2 Å².